The fraction of sp³-hybridized carbons (Fsp3) is 1.00. The van der Waals surface area contributed by atoms with Gasteiger partial charge >= 0.3 is 88.4 Å². The van der Waals surface area contributed by atoms with Crippen LogP contribution in [-0.4, -0.2) is 78.0 Å². The Balaban J connectivity index is 0. The molecule has 0 saturated carbocycles. The minimum atomic E-state index is -9.44. The van der Waals surface area contributed by atoms with Gasteiger partial charge in [0.2, 0.25) is 0 Å². The fourth-order valence-corrected chi connectivity index (χ4v) is 2.34. The van der Waals surface area contributed by atoms with Gasteiger partial charge in [0.25, 0.3) is 6.17 Å². The van der Waals surface area contributed by atoms with E-state index in [9.17, 15) is 110 Å². The second-order valence-corrected chi connectivity index (χ2v) is 7.94. The monoisotopic (exact) mass is 654 g/mol. The molecule has 0 aromatic rings. The average Bonchev–Trinajstić information content (AvgIpc) is 2.64. The standard InChI is InChI=1S/C11H2F22O3S.Na/c12-1(3(15,16)17)2(13,14)4(18,19)5(20,21)6(22,23)7(24,25)8(26,27)9(28,29)10(30,31)11(32,33)37(34,35)36;/h1H,(H,34,35,36);/q;+1/p-1. The summed E-state index contributed by atoms with van der Waals surface area (Å²) >= 11 is 0. The number of rotatable bonds is 10. The first kappa shape index (κ1) is 39.5. The molecule has 0 rings (SSSR count). The first-order chi connectivity index (χ1) is 15.4. The van der Waals surface area contributed by atoms with E-state index in [-0.39, 0.29) is 29.6 Å². The molecule has 38 heavy (non-hydrogen) atoms. The van der Waals surface area contributed by atoms with E-state index >= 15 is 0 Å². The first-order valence-corrected chi connectivity index (χ1v) is 8.88. The molecule has 224 valence electrons. The van der Waals surface area contributed by atoms with E-state index in [0.29, 0.717) is 0 Å². The minimum absolute atomic E-state index is 0. The maximum atomic E-state index is 13.4. The zero-order valence-corrected chi connectivity index (χ0v) is 19.3. The van der Waals surface area contributed by atoms with Crippen LogP contribution in [0.15, 0.2) is 0 Å². The smallest absolute Gasteiger partial charge is 0.743 e. The van der Waals surface area contributed by atoms with E-state index < -0.39 is 75.1 Å². The van der Waals surface area contributed by atoms with Crippen molar-refractivity contribution in [1.29, 1.82) is 0 Å². The summed E-state index contributed by atoms with van der Waals surface area (Å²) in [5.74, 6) is -72.8. The quantitative estimate of drug-likeness (QED) is 0.207. The van der Waals surface area contributed by atoms with Crippen LogP contribution >= 0.6 is 0 Å². The third-order valence-corrected chi connectivity index (χ3v) is 4.95. The van der Waals surface area contributed by atoms with Crippen molar-refractivity contribution in [3.05, 3.63) is 0 Å². The van der Waals surface area contributed by atoms with E-state index in [2.05, 4.69) is 0 Å². The number of hydrogen-bond acceptors (Lipinski definition) is 3. The molecular weight excluding hydrogens is 653 g/mol. The van der Waals surface area contributed by atoms with E-state index in [1.165, 1.54) is 0 Å². The maximum absolute atomic E-state index is 13.4. The molecule has 0 heterocycles. The predicted octanol–water partition coefficient (Wildman–Crippen LogP) is 3.11. The van der Waals surface area contributed by atoms with Crippen LogP contribution in [0.1, 0.15) is 0 Å². The van der Waals surface area contributed by atoms with Crippen LogP contribution in [0.3, 0.4) is 0 Å². The van der Waals surface area contributed by atoms with Crippen LogP contribution in [0.5, 0.6) is 0 Å². The molecule has 27 heteroatoms. The molecule has 0 radical (unpaired) electrons. The van der Waals surface area contributed by atoms with E-state index in [1.54, 1.807) is 0 Å². The second-order valence-electron chi connectivity index (χ2n) is 6.52. The van der Waals surface area contributed by atoms with Crippen LogP contribution in [0, 0.1) is 0 Å². The summed E-state index contributed by atoms with van der Waals surface area (Å²) < 4.78 is 315. The molecule has 0 N–H and O–H groups in total. The Hall–Kier alpha value is -0.630. The SMILES string of the molecule is O=S(=O)([O-])C(F)(F)C(F)(F)C(F)(F)C(F)(F)C(F)(F)C(F)(F)C(F)(F)C(F)(F)C(F)(F)C(F)C(F)(F)F.[Na+]. The Kier molecular flexibility index (Phi) is 10.1. The van der Waals surface area contributed by atoms with Crippen LogP contribution in [0.4, 0.5) is 96.6 Å². The van der Waals surface area contributed by atoms with Crippen LogP contribution in [-0.2, 0) is 10.1 Å². The van der Waals surface area contributed by atoms with Gasteiger partial charge < -0.3 is 4.55 Å². The van der Waals surface area contributed by atoms with Crippen molar-refractivity contribution in [2.75, 3.05) is 0 Å². The molecule has 0 aromatic carbocycles. The molecule has 3 nitrogen and oxygen atoms in total. The van der Waals surface area contributed by atoms with Gasteiger partial charge in [-0.15, -0.1) is 0 Å². The van der Waals surface area contributed by atoms with E-state index in [4.69, 9.17) is 0 Å². The van der Waals surface area contributed by atoms with E-state index in [1.807, 2.05) is 0 Å². The Morgan fingerprint density at radius 2 is 0.658 bits per heavy atom. The number of halogens is 22. The molecule has 0 amide bonds. The molecule has 1 unspecified atom stereocenters. The maximum Gasteiger partial charge on any atom is 1.00 e. The van der Waals surface area contributed by atoms with Gasteiger partial charge in [0.15, 0.2) is 10.1 Å². The summed E-state index contributed by atoms with van der Waals surface area (Å²) in [4.78, 5) is 0. The molecule has 0 aromatic heterocycles. The molecule has 0 fully saturated rings. The van der Waals surface area contributed by atoms with Gasteiger partial charge in [-0.3, -0.25) is 0 Å². The molecule has 0 aliphatic carbocycles. The van der Waals surface area contributed by atoms with E-state index in [0.717, 1.165) is 0 Å². The molecule has 0 saturated heterocycles. The predicted molar refractivity (Wildman–Crippen MR) is 65.2 cm³/mol. The summed E-state index contributed by atoms with van der Waals surface area (Å²) in [6.45, 7) is 0. The summed E-state index contributed by atoms with van der Waals surface area (Å²) in [5, 5.41) is -8.20. The van der Waals surface area contributed by atoms with Gasteiger partial charge in [-0.1, -0.05) is 0 Å². The Bertz CT molecular complexity index is 968. The zero-order valence-electron chi connectivity index (χ0n) is 16.5. The topological polar surface area (TPSA) is 57.2 Å². The molecule has 0 aliphatic rings. The average molecular weight is 654 g/mol. The van der Waals surface area contributed by atoms with Crippen molar-refractivity contribution in [1.82, 2.24) is 0 Å². The zero-order chi connectivity index (χ0) is 31.1. The normalized spacial score (nSPS) is 17.2. The van der Waals surface area contributed by atoms with Gasteiger partial charge in [-0.05, 0) is 0 Å². The Morgan fingerprint density at radius 1 is 0.447 bits per heavy atom. The largest absolute Gasteiger partial charge is 1.00 e. The van der Waals surface area contributed by atoms with Crippen molar-refractivity contribution in [2.24, 2.45) is 0 Å². The number of hydrogen-bond donors (Lipinski definition) is 0. The summed E-state index contributed by atoms with van der Waals surface area (Å²) in [7, 11) is -8.37. The van der Waals surface area contributed by atoms with Crippen molar-refractivity contribution in [3.63, 3.8) is 0 Å². The molecule has 0 spiro atoms. The second kappa shape index (κ2) is 9.73. The third kappa shape index (κ3) is 4.90. The molecule has 0 bridgehead atoms. The molecular formula is C11HF22NaO3S. The van der Waals surface area contributed by atoms with Gasteiger partial charge in [0.05, 0.1) is 0 Å². The van der Waals surface area contributed by atoms with Gasteiger partial charge in [0, 0.05) is 0 Å². The molecule has 0 aliphatic heterocycles. The van der Waals surface area contributed by atoms with Crippen molar-refractivity contribution >= 4 is 10.1 Å². The fourth-order valence-electron chi connectivity index (χ4n) is 1.90. The summed E-state index contributed by atoms with van der Waals surface area (Å²) in [6, 6.07) is 0. The van der Waals surface area contributed by atoms with Crippen LogP contribution in [0.2, 0.25) is 0 Å². The molecule has 1 atom stereocenters. The van der Waals surface area contributed by atoms with Crippen LogP contribution in [0.25, 0.3) is 0 Å². The van der Waals surface area contributed by atoms with Crippen molar-refractivity contribution < 1.29 is 139 Å². The number of alkyl halides is 22. The van der Waals surface area contributed by atoms with Crippen molar-refractivity contribution in [2.45, 2.75) is 65.0 Å². The van der Waals surface area contributed by atoms with Gasteiger partial charge in [-0.25, -0.2) is 12.8 Å². The van der Waals surface area contributed by atoms with Crippen LogP contribution < -0.4 is 29.6 Å². The Labute approximate surface area is 214 Å². The summed E-state index contributed by atoms with van der Waals surface area (Å²) in [6.07, 6.45) is -14.1. The Morgan fingerprint density at radius 3 is 0.868 bits per heavy atom. The van der Waals surface area contributed by atoms with Gasteiger partial charge in [-0.2, -0.15) is 92.2 Å². The minimum Gasteiger partial charge on any atom is -0.743 e. The third-order valence-electron chi connectivity index (χ3n) is 4.07. The van der Waals surface area contributed by atoms with Gasteiger partial charge in [0.1, 0.15) is 0 Å². The van der Waals surface area contributed by atoms with Crippen molar-refractivity contribution in [3.8, 4) is 0 Å². The summed E-state index contributed by atoms with van der Waals surface area (Å²) in [5.41, 5.74) is 0. The first-order valence-electron chi connectivity index (χ1n) is 7.47.